The van der Waals surface area contributed by atoms with E-state index in [1.165, 1.54) is 0 Å². The number of nitrogen functional groups attached to an aromatic ring is 1. The molecule has 2 N–H and O–H groups in total. The maximum Gasteiger partial charge on any atom is 0.256 e. The minimum absolute atomic E-state index is 0.128. The number of benzene rings is 2. The van der Waals surface area contributed by atoms with E-state index in [1.807, 2.05) is 25.1 Å². The number of rotatable bonds is 3. The van der Waals surface area contributed by atoms with Crippen LogP contribution in [0.25, 0.3) is 0 Å². The summed E-state index contributed by atoms with van der Waals surface area (Å²) < 4.78 is 0. The van der Waals surface area contributed by atoms with Crippen LogP contribution in [0.3, 0.4) is 0 Å². The molecule has 0 heterocycles. The van der Waals surface area contributed by atoms with E-state index in [2.05, 4.69) is 0 Å². The molecule has 0 atom stereocenters. The molecule has 0 spiro atoms. The van der Waals surface area contributed by atoms with Crippen LogP contribution in [0.2, 0.25) is 10.0 Å². The molecular weight excluding hydrogens is 307 g/mol. The van der Waals surface area contributed by atoms with Gasteiger partial charge in [0.1, 0.15) is 0 Å². The van der Waals surface area contributed by atoms with Gasteiger partial charge >= 0.3 is 0 Å². The number of anilines is 1. The van der Waals surface area contributed by atoms with Crippen molar-refractivity contribution in [3.63, 3.8) is 0 Å². The Hall–Kier alpha value is -1.71. The molecule has 0 saturated carbocycles. The Balaban J connectivity index is 2.24. The molecular formula is C16H16Cl2N2O. The summed E-state index contributed by atoms with van der Waals surface area (Å²) in [5.41, 5.74) is 8.62. The number of carbonyl (C=O) groups is 1. The maximum absolute atomic E-state index is 12.5. The smallest absolute Gasteiger partial charge is 0.256 e. The summed E-state index contributed by atoms with van der Waals surface area (Å²) in [6, 6.07) is 10.7. The molecule has 2 aromatic rings. The summed E-state index contributed by atoms with van der Waals surface area (Å²) >= 11 is 12.0. The molecule has 2 aromatic carbocycles. The normalized spacial score (nSPS) is 10.5. The number of nitrogens with two attached hydrogens (primary N) is 1. The van der Waals surface area contributed by atoms with E-state index in [0.29, 0.717) is 27.8 Å². The highest BCUT2D eigenvalue weighted by Gasteiger charge is 2.18. The maximum atomic E-state index is 12.5. The zero-order valence-corrected chi connectivity index (χ0v) is 13.4. The topological polar surface area (TPSA) is 46.3 Å². The predicted octanol–water partition coefficient (Wildman–Crippen LogP) is 4.16. The molecule has 21 heavy (non-hydrogen) atoms. The van der Waals surface area contributed by atoms with Gasteiger partial charge in [-0.25, -0.2) is 0 Å². The van der Waals surface area contributed by atoms with Crippen molar-refractivity contribution in [2.75, 3.05) is 12.8 Å². The lowest BCUT2D eigenvalue weighted by molar-refractivity contribution is 0.0785. The Bertz CT molecular complexity index is 666. The highest BCUT2D eigenvalue weighted by atomic mass is 35.5. The monoisotopic (exact) mass is 322 g/mol. The van der Waals surface area contributed by atoms with Crippen LogP contribution in [-0.2, 0) is 6.54 Å². The molecule has 110 valence electrons. The zero-order valence-electron chi connectivity index (χ0n) is 11.9. The Kier molecular flexibility index (Phi) is 4.76. The van der Waals surface area contributed by atoms with Gasteiger partial charge in [0.05, 0.1) is 5.56 Å². The van der Waals surface area contributed by atoms with E-state index in [-0.39, 0.29) is 5.91 Å². The molecule has 1 amide bonds. The highest BCUT2D eigenvalue weighted by molar-refractivity contribution is 6.35. The van der Waals surface area contributed by atoms with Gasteiger partial charge in [-0.2, -0.15) is 0 Å². The number of aryl methyl sites for hydroxylation is 1. The van der Waals surface area contributed by atoms with Crippen LogP contribution in [0.4, 0.5) is 5.69 Å². The van der Waals surface area contributed by atoms with Crippen molar-refractivity contribution >= 4 is 34.8 Å². The summed E-state index contributed by atoms with van der Waals surface area (Å²) in [6.45, 7) is 2.26. The molecule has 0 aromatic heterocycles. The molecule has 0 unspecified atom stereocenters. The van der Waals surface area contributed by atoms with E-state index in [1.54, 1.807) is 30.1 Å². The molecule has 0 aliphatic heterocycles. The van der Waals surface area contributed by atoms with Gasteiger partial charge < -0.3 is 10.6 Å². The average molecular weight is 323 g/mol. The second-order valence-corrected chi connectivity index (χ2v) is 5.78. The van der Waals surface area contributed by atoms with Crippen LogP contribution in [0.15, 0.2) is 36.4 Å². The van der Waals surface area contributed by atoms with Gasteiger partial charge in [-0.05, 0) is 36.2 Å². The van der Waals surface area contributed by atoms with Gasteiger partial charge in [0.15, 0.2) is 0 Å². The average Bonchev–Trinajstić information content (AvgIpc) is 2.41. The second-order valence-electron chi connectivity index (χ2n) is 4.94. The second kappa shape index (κ2) is 6.37. The molecule has 0 radical (unpaired) electrons. The van der Waals surface area contributed by atoms with Crippen LogP contribution in [0, 0.1) is 6.92 Å². The van der Waals surface area contributed by atoms with Gasteiger partial charge in [0.2, 0.25) is 0 Å². The summed E-state index contributed by atoms with van der Waals surface area (Å²) in [4.78, 5) is 14.1. The Morgan fingerprint density at radius 3 is 2.57 bits per heavy atom. The predicted molar refractivity (Wildman–Crippen MR) is 87.9 cm³/mol. The first-order valence-corrected chi connectivity index (χ1v) is 7.20. The first-order valence-electron chi connectivity index (χ1n) is 6.44. The van der Waals surface area contributed by atoms with E-state index in [4.69, 9.17) is 28.9 Å². The fourth-order valence-electron chi connectivity index (χ4n) is 2.15. The third kappa shape index (κ3) is 3.49. The van der Waals surface area contributed by atoms with E-state index < -0.39 is 0 Å². The molecule has 0 aliphatic carbocycles. The summed E-state index contributed by atoms with van der Waals surface area (Å²) in [5.74, 6) is -0.128. The lowest BCUT2D eigenvalue weighted by Gasteiger charge is -2.20. The minimum atomic E-state index is -0.128. The van der Waals surface area contributed by atoms with Crippen LogP contribution in [-0.4, -0.2) is 17.9 Å². The molecule has 0 aliphatic rings. The minimum Gasteiger partial charge on any atom is -0.398 e. The molecule has 0 fully saturated rings. The summed E-state index contributed by atoms with van der Waals surface area (Å²) in [5, 5.41) is 1.11. The third-order valence-corrected chi connectivity index (χ3v) is 3.88. The van der Waals surface area contributed by atoms with Crippen molar-refractivity contribution in [2.45, 2.75) is 13.5 Å². The fraction of sp³-hybridized carbons (Fsp3) is 0.188. The molecule has 2 rings (SSSR count). The summed E-state index contributed by atoms with van der Waals surface area (Å²) in [6.07, 6.45) is 0. The van der Waals surface area contributed by atoms with Crippen molar-refractivity contribution in [2.24, 2.45) is 0 Å². The van der Waals surface area contributed by atoms with Crippen molar-refractivity contribution in [1.82, 2.24) is 4.90 Å². The number of carbonyl (C=O) groups excluding carboxylic acids is 1. The van der Waals surface area contributed by atoms with Gasteiger partial charge in [-0.1, -0.05) is 41.4 Å². The van der Waals surface area contributed by atoms with Crippen LogP contribution in [0.1, 0.15) is 21.5 Å². The molecule has 0 bridgehead atoms. The van der Waals surface area contributed by atoms with Crippen LogP contribution in [0.5, 0.6) is 0 Å². The number of hydrogen-bond donors (Lipinski definition) is 1. The van der Waals surface area contributed by atoms with Crippen LogP contribution >= 0.6 is 23.2 Å². The number of hydrogen-bond acceptors (Lipinski definition) is 2. The summed E-state index contributed by atoms with van der Waals surface area (Å²) in [7, 11) is 1.72. The molecule has 5 heteroatoms. The van der Waals surface area contributed by atoms with E-state index in [0.717, 1.165) is 11.1 Å². The quantitative estimate of drug-likeness (QED) is 0.862. The van der Waals surface area contributed by atoms with Crippen molar-refractivity contribution in [1.29, 1.82) is 0 Å². The highest BCUT2D eigenvalue weighted by Crippen LogP contribution is 2.24. The lowest BCUT2D eigenvalue weighted by Crippen LogP contribution is -2.27. The Morgan fingerprint density at radius 2 is 1.95 bits per heavy atom. The lowest BCUT2D eigenvalue weighted by atomic mass is 10.1. The molecule has 0 saturated heterocycles. The standard InChI is InChI=1S/C16H16Cl2N2O/c1-10-4-3-5-14(19)15(10)16(21)20(2)9-11-6-7-12(17)8-13(11)18/h3-8H,9,19H2,1-2H3. The van der Waals surface area contributed by atoms with Crippen LogP contribution < -0.4 is 5.73 Å². The number of halogens is 2. The van der Waals surface area contributed by atoms with Gasteiger partial charge in [0.25, 0.3) is 5.91 Å². The third-order valence-electron chi connectivity index (χ3n) is 3.29. The van der Waals surface area contributed by atoms with E-state index >= 15 is 0 Å². The van der Waals surface area contributed by atoms with E-state index in [9.17, 15) is 4.79 Å². The van der Waals surface area contributed by atoms with Gasteiger partial charge in [0, 0.05) is 29.3 Å². The Labute approximate surface area is 134 Å². The SMILES string of the molecule is Cc1cccc(N)c1C(=O)N(C)Cc1ccc(Cl)cc1Cl. The van der Waals surface area contributed by atoms with Crippen molar-refractivity contribution in [3.8, 4) is 0 Å². The Morgan fingerprint density at radius 1 is 1.24 bits per heavy atom. The van der Waals surface area contributed by atoms with Crippen molar-refractivity contribution in [3.05, 3.63) is 63.1 Å². The van der Waals surface area contributed by atoms with Gasteiger partial charge in [-0.3, -0.25) is 4.79 Å². The molecule has 3 nitrogen and oxygen atoms in total. The fourth-order valence-corrected chi connectivity index (χ4v) is 2.62. The zero-order chi connectivity index (χ0) is 15.6. The first-order chi connectivity index (χ1) is 9.90. The van der Waals surface area contributed by atoms with Crippen molar-refractivity contribution < 1.29 is 4.79 Å². The number of nitrogens with zero attached hydrogens (tertiary/aromatic N) is 1. The van der Waals surface area contributed by atoms with Gasteiger partial charge in [-0.15, -0.1) is 0 Å². The largest absolute Gasteiger partial charge is 0.398 e. The number of amides is 1. The first kappa shape index (κ1) is 15.7.